The molecule has 0 heterocycles. The third-order valence-electron chi connectivity index (χ3n) is 6.54. The van der Waals surface area contributed by atoms with Gasteiger partial charge in [0.25, 0.3) is 0 Å². The second-order valence-electron chi connectivity index (χ2n) is 8.37. The van der Waals surface area contributed by atoms with E-state index in [1.165, 1.54) is 22.3 Å². The average molecular weight is 421 g/mol. The van der Waals surface area contributed by atoms with Gasteiger partial charge in [-0.25, -0.2) is 0 Å². The third-order valence-corrected chi connectivity index (χ3v) is 9.96. The number of fused-ring (bicyclic) bond motifs is 2. The maximum absolute atomic E-state index is 7.11. The van der Waals surface area contributed by atoms with Crippen LogP contribution in [0.5, 0.6) is 0 Å². The van der Waals surface area contributed by atoms with Crippen molar-refractivity contribution in [2.75, 3.05) is 0 Å². The van der Waals surface area contributed by atoms with E-state index in [2.05, 4.69) is 109 Å². The van der Waals surface area contributed by atoms with Gasteiger partial charge in [-0.3, -0.25) is 0 Å². The molecule has 2 aliphatic rings. The van der Waals surface area contributed by atoms with Gasteiger partial charge >= 0.3 is 8.56 Å². The maximum atomic E-state index is 7.11. The summed E-state index contributed by atoms with van der Waals surface area (Å²) in [4.78, 5) is 0. The smallest absolute Gasteiger partial charge is 0.380 e. The van der Waals surface area contributed by atoms with Gasteiger partial charge in [0, 0.05) is 12.8 Å². The molecule has 2 atom stereocenters. The minimum atomic E-state index is -2.95. The Hall–Kier alpha value is -2.98. The quantitative estimate of drug-likeness (QED) is 0.414. The predicted octanol–water partition coefficient (Wildman–Crippen LogP) is 4.87. The standard InChI is InChI=1S/C28H24O2Si/c1-3-13-23(14-4-1)31(24-15-5-2-6-16-24,29-27-19-21-11-7-9-17-25(21)27)30-28-20-22-12-8-10-18-26(22)28/h1-18,27-28H,19-20H2. The molecule has 2 nitrogen and oxygen atoms in total. The van der Waals surface area contributed by atoms with E-state index >= 15 is 0 Å². The highest BCUT2D eigenvalue weighted by Crippen LogP contribution is 2.42. The second kappa shape index (κ2) is 7.61. The third kappa shape index (κ3) is 3.17. The van der Waals surface area contributed by atoms with Gasteiger partial charge in [-0.05, 0) is 32.6 Å². The summed E-state index contributed by atoms with van der Waals surface area (Å²) in [7, 11) is -2.95. The summed E-state index contributed by atoms with van der Waals surface area (Å²) >= 11 is 0. The molecule has 31 heavy (non-hydrogen) atoms. The molecule has 0 N–H and O–H groups in total. The Bertz CT molecular complexity index is 1110. The Kier molecular flexibility index (Phi) is 4.61. The summed E-state index contributed by atoms with van der Waals surface area (Å²) in [6.45, 7) is 0. The van der Waals surface area contributed by atoms with Crippen LogP contribution in [0.15, 0.2) is 109 Å². The van der Waals surface area contributed by atoms with Crippen LogP contribution in [0.25, 0.3) is 0 Å². The van der Waals surface area contributed by atoms with Crippen LogP contribution in [-0.2, 0) is 21.7 Å². The highest BCUT2D eigenvalue weighted by Gasteiger charge is 2.49. The minimum Gasteiger partial charge on any atom is -0.380 e. The molecule has 0 bridgehead atoms. The molecule has 0 saturated heterocycles. The van der Waals surface area contributed by atoms with E-state index in [4.69, 9.17) is 8.85 Å². The largest absolute Gasteiger partial charge is 0.408 e. The van der Waals surface area contributed by atoms with Crippen molar-refractivity contribution in [2.45, 2.75) is 25.0 Å². The summed E-state index contributed by atoms with van der Waals surface area (Å²) in [5.74, 6) is 0. The van der Waals surface area contributed by atoms with Crippen molar-refractivity contribution in [3.05, 3.63) is 131 Å². The van der Waals surface area contributed by atoms with E-state index in [0.29, 0.717) is 0 Å². The highest BCUT2D eigenvalue weighted by atomic mass is 28.4. The first-order valence-electron chi connectivity index (χ1n) is 11.0. The summed E-state index contributed by atoms with van der Waals surface area (Å²) in [5.41, 5.74) is 5.35. The van der Waals surface area contributed by atoms with Gasteiger partial charge in [0.1, 0.15) is 0 Å². The first-order chi connectivity index (χ1) is 15.3. The molecule has 0 radical (unpaired) electrons. The van der Waals surface area contributed by atoms with E-state index < -0.39 is 8.56 Å². The first kappa shape index (κ1) is 18.8. The maximum Gasteiger partial charge on any atom is 0.408 e. The second-order valence-corrected chi connectivity index (χ2v) is 11.2. The summed E-state index contributed by atoms with van der Waals surface area (Å²) in [6, 6.07) is 38.4. The van der Waals surface area contributed by atoms with Crippen LogP contribution >= 0.6 is 0 Å². The predicted molar refractivity (Wildman–Crippen MR) is 126 cm³/mol. The molecule has 0 fully saturated rings. The highest BCUT2D eigenvalue weighted by molar-refractivity contribution is 6.92. The van der Waals surface area contributed by atoms with Crippen LogP contribution in [0.2, 0.25) is 0 Å². The number of benzene rings is 4. The molecule has 4 aromatic carbocycles. The summed E-state index contributed by atoms with van der Waals surface area (Å²) in [5, 5.41) is 2.32. The molecule has 2 unspecified atom stereocenters. The first-order valence-corrected chi connectivity index (χ1v) is 12.8. The zero-order valence-electron chi connectivity index (χ0n) is 17.3. The van der Waals surface area contributed by atoms with Gasteiger partial charge in [-0.15, -0.1) is 0 Å². The van der Waals surface area contributed by atoms with Gasteiger partial charge < -0.3 is 8.85 Å². The molecule has 0 aliphatic heterocycles. The molecule has 2 aliphatic carbocycles. The molecular weight excluding hydrogens is 396 g/mol. The fourth-order valence-corrected chi connectivity index (χ4v) is 8.24. The normalized spacial score (nSPS) is 19.0. The molecule has 6 rings (SSSR count). The molecule has 3 heteroatoms. The molecule has 0 aromatic heterocycles. The van der Waals surface area contributed by atoms with Crippen LogP contribution < -0.4 is 10.4 Å². The average Bonchev–Trinajstić information content (AvgIpc) is 2.81. The monoisotopic (exact) mass is 420 g/mol. The van der Waals surface area contributed by atoms with Crippen molar-refractivity contribution in [2.24, 2.45) is 0 Å². The van der Waals surface area contributed by atoms with Crippen molar-refractivity contribution in [3.8, 4) is 0 Å². The number of hydrogen-bond acceptors (Lipinski definition) is 2. The molecule has 0 amide bonds. The molecule has 4 aromatic rings. The fraction of sp³-hybridized carbons (Fsp3) is 0.143. The topological polar surface area (TPSA) is 18.5 Å². The van der Waals surface area contributed by atoms with Gasteiger partial charge in [-0.2, -0.15) is 0 Å². The molecule has 0 spiro atoms. The van der Waals surface area contributed by atoms with E-state index in [9.17, 15) is 0 Å². The lowest BCUT2D eigenvalue weighted by Crippen LogP contribution is -2.65. The Morgan fingerprint density at radius 2 is 0.871 bits per heavy atom. The fourth-order valence-electron chi connectivity index (χ4n) is 4.82. The lowest BCUT2D eigenvalue weighted by Gasteiger charge is -2.43. The van der Waals surface area contributed by atoms with Crippen molar-refractivity contribution in [1.82, 2.24) is 0 Å². The van der Waals surface area contributed by atoms with Crippen molar-refractivity contribution >= 4 is 18.9 Å². The molecule has 152 valence electrons. The van der Waals surface area contributed by atoms with Crippen LogP contribution in [0.4, 0.5) is 0 Å². The van der Waals surface area contributed by atoms with Crippen LogP contribution in [-0.4, -0.2) is 8.56 Å². The Balaban J connectivity index is 1.46. The van der Waals surface area contributed by atoms with E-state index in [1.54, 1.807) is 0 Å². The molecule has 0 saturated carbocycles. The van der Waals surface area contributed by atoms with Crippen LogP contribution in [0.1, 0.15) is 34.5 Å². The minimum absolute atomic E-state index is 0.0681. The molecular formula is C28H24O2Si. The summed E-state index contributed by atoms with van der Waals surface area (Å²) < 4.78 is 14.2. The van der Waals surface area contributed by atoms with Crippen LogP contribution in [0.3, 0.4) is 0 Å². The zero-order valence-corrected chi connectivity index (χ0v) is 18.3. The van der Waals surface area contributed by atoms with Gasteiger partial charge in [0.05, 0.1) is 12.2 Å². The number of rotatable bonds is 6. The van der Waals surface area contributed by atoms with E-state index in [1.807, 2.05) is 0 Å². The Labute approximate surface area is 184 Å². The summed E-state index contributed by atoms with van der Waals surface area (Å²) in [6.07, 6.45) is 2.02. The lowest BCUT2D eigenvalue weighted by molar-refractivity contribution is 0.0746. The van der Waals surface area contributed by atoms with Crippen LogP contribution in [0, 0.1) is 0 Å². The van der Waals surface area contributed by atoms with Gasteiger partial charge in [-0.1, -0.05) is 109 Å². The van der Waals surface area contributed by atoms with E-state index in [-0.39, 0.29) is 12.2 Å². The zero-order chi connectivity index (χ0) is 20.7. The van der Waals surface area contributed by atoms with Gasteiger partial charge in [0.15, 0.2) is 0 Å². The van der Waals surface area contributed by atoms with Crippen molar-refractivity contribution < 1.29 is 8.85 Å². The Morgan fingerprint density at radius 3 is 1.29 bits per heavy atom. The lowest BCUT2D eigenvalue weighted by atomic mass is 9.86. The SMILES string of the molecule is c1ccc([Si](OC2Cc3ccccc32)(OC2Cc3ccccc32)c2ccccc2)cc1. The van der Waals surface area contributed by atoms with Gasteiger partial charge in [0.2, 0.25) is 0 Å². The van der Waals surface area contributed by atoms with Crippen molar-refractivity contribution in [1.29, 1.82) is 0 Å². The Morgan fingerprint density at radius 1 is 0.484 bits per heavy atom. The van der Waals surface area contributed by atoms with Crippen molar-refractivity contribution in [3.63, 3.8) is 0 Å². The number of hydrogen-bond donors (Lipinski definition) is 0. The van der Waals surface area contributed by atoms with E-state index in [0.717, 1.165) is 23.2 Å².